The van der Waals surface area contributed by atoms with E-state index in [0.717, 1.165) is 45.6 Å². The van der Waals surface area contributed by atoms with Gasteiger partial charge in [-0.05, 0) is 88.6 Å². The van der Waals surface area contributed by atoms with Crippen LogP contribution >= 0.6 is 11.3 Å². The van der Waals surface area contributed by atoms with E-state index in [9.17, 15) is 4.79 Å². The fraction of sp³-hybridized carbons (Fsp3) is 0.393. The van der Waals surface area contributed by atoms with Crippen molar-refractivity contribution in [3.8, 4) is 27.6 Å². The lowest BCUT2D eigenvalue weighted by Gasteiger charge is -2.26. The smallest absolute Gasteiger partial charge is 0.338 e. The van der Waals surface area contributed by atoms with E-state index in [1.165, 1.54) is 45.3 Å². The molecule has 2 aromatic heterocycles. The Bertz CT molecular complexity index is 1240. The van der Waals surface area contributed by atoms with E-state index in [0.29, 0.717) is 12.2 Å². The summed E-state index contributed by atoms with van der Waals surface area (Å²) in [6.45, 7) is 6.62. The second-order valence-electron chi connectivity index (χ2n) is 9.04. The van der Waals surface area contributed by atoms with Crippen LogP contribution in [0.25, 0.3) is 26.8 Å². The molecule has 2 aromatic carbocycles. The zero-order valence-electron chi connectivity index (χ0n) is 20.7. The Hall–Kier alpha value is -3.23. The number of esters is 1. The fourth-order valence-electron chi connectivity index (χ4n) is 4.45. The van der Waals surface area contributed by atoms with Crippen LogP contribution in [0.5, 0.6) is 5.75 Å². The molecule has 0 spiro atoms. The van der Waals surface area contributed by atoms with Crippen LogP contribution in [0.3, 0.4) is 0 Å². The summed E-state index contributed by atoms with van der Waals surface area (Å²) in [5, 5.41) is 5.62. The van der Waals surface area contributed by atoms with E-state index >= 15 is 0 Å². The lowest BCUT2D eigenvalue weighted by Crippen LogP contribution is -2.30. The number of nitrogens with zero attached hydrogens (tertiary/aromatic N) is 4. The highest BCUT2D eigenvalue weighted by Crippen LogP contribution is 2.29. The van der Waals surface area contributed by atoms with Crippen LogP contribution in [-0.4, -0.2) is 58.3 Å². The number of hydrogen-bond donors (Lipinski definition) is 0. The number of aromatic nitrogens is 3. The van der Waals surface area contributed by atoms with E-state index in [-0.39, 0.29) is 5.97 Å². The maximum Gasteiger partial charge on any atom is 0.338 e. The molecule has 0 aliphatic carbocycles. The van der Waals surface area contributed by atoms with Crippen LogP contribution < -0.4 is 4.74 Å². The molecule has 0 unspecified atom stereocenters. The van der Waals surface area contributed by atoms with Crippen molar-refractivity contribution in [3.63, 3.8) is 0 Å². The summed E-state index contributed by atoms with van der Waals surface area (Å²) in [6, 6.07) is 15.4. The van der Waals surface area contributed by atoms with Crippen LogP contribution in [0.1, 0.15) is 49.4 Å². The first-order valence-corrected chi connectivity index (χ1v) is 13.6. The van der Waals surface area contributed by atoms with Gasteiger partial charge in [0.25, 0.3) is 0 Å². The second-order valence-corrected chi connectivity index (χ2v) is 10.00. The number of benzene rings is 2. The molecule has 1 aliphatic heterocycles. The van der Waals surface area contributed by atoms with Gasteiger partial charge in [0.05, 0.1) is 30.7 Å². The molecule has 36 heavy (non-hydrogen) atoms. The quantitative estimate of drug-likeness (QED) is 0.196. The minimum atomic E-state index is -0.314. The third kappa shape index (κ3) is 5.94. The normalized spacial score (nSPS) is 14.2. The highest BCUT2D eigenvalue weighted by atomic mass is 32.1. The molecule has 0 amide bonds. The summed E-state index contributed by atoms with van der Waals surface area (Å²) >= 11 is 1.55. The van der Waals surface area contributed by atoms with Crippen LogP contribution in [-0.2, 0) is 4.74 Å². The highest BCUT2D eigenvalue weighted by Gasteiger charge is 2.13. The van der Waals surface area contributed by atoms with E-state index in [1.54, 1.807) is 34.9 Å². The first-order valence-electron chi connectivity index (χ1n) is 12.8. The molecule has 0 saturated carbocycles. The van der Waals surface area contributed by atoms with Gasteiger partial charge in [0.15, 0.2) is 0 Å². The summed E-state index contributed by atoms with van der Waals surface area (Å²) in [6.07, 6.45) is 8.27. The second kappa shape index (κ2) is 11.7. The average molecular weight is 505 g/mol. The Morgan fingerprint density at radius 1 is 0.972 bits per heavy atom. The van der Waals surface area contributed by atoms with E-state index in [2.05, 4.69) is 17.0 Å². The van der Waals surface area contributed by atoms with Gasteiger partial charge in [-0.15, -0.1) is 0 Å². The van der Waals surface area contributed by atoms with Crippen LogP contribution in [0.2, 0.25) is 0 Å². The molecular formula is C28H32N4O3S. The molecule has 3 heterocycles. The zero-order chi connectivity index (χ0) is 24.7. The lowest BCUT2D eigenvalue weighted by molar-refractivity contribution is 0.0526. The third-order valence-electron chi connectivity index (χ3n) is 6.42. The molecule has 0 radical (unpaired) electrons. The standard InChI is InChI=1S/C28H32N4O3S/c1-2-34-27(33)23-10-8-21(9-11-23)25-20-32-28(29-25)36-26(30-32)22-12-14-24(15-13-22)35-19-7-6-18-31-16-4-3-5-17-31/h8-15,20H,2-7,16-19H2,1H3. The Kier molecular flexibility index (Phi) is 7.93. The molecule has 4 aromatic rings. The van der Waals surface area contributed by atoms with Crippen LogP contribution in [0.15, 0.2) is 54.7 Å². The molecule has 1 saturated heterocycles. The molecule has 0 bridgehead atoms. The van der Waals surface area contributed by atoms with Crippen molar-refractivity contribution in [2.24, 2.45) is 0 Å². The molecule has 7 nitrogen and oxygen atoms in total. The maximum absolute atomic E-state index is 11.9. The minimum absolute atomic E-state index is 0.314. The Balaban J connectivity index is 1.15. The van der Waals surface area contributed by atoms with Gasteiger partial charge in [-0.25, -0.2) is 14.3 Å². The third-order valence-corrected chi connectivity index (χ3v) is 7.39. The molecule has 0 N–H and O–H groups in total. The average Bonchev–Trinajstić information content (AvgIpc) is 3.50. The van der Waals surface area contributed by atoms with E-state index in [1.807, 2.05) is 30.5 Å². The number of likely N-dealkylation sites (tertiary alicyclic amines) is 1. The Morgan fingerprint density at radius 2 is 1.72 bits per heavy atom. The first-order chi connectivity index (χ1) is 17.7. The van der Waals surface area contributed by atoms with Crippen LogP contribution in [0, 0.1) is 0 Å². The number of piperidine rings is 1. The predicted molar refractivity (Wildman–Crippen MR) is 143 cm³/mol. The maximum atomic E-state index is 11.9. The number of fused-ring (bicyclic) bond motifs is 1. The molecule has 5 rings (SSSR count). The molecule has 1 fully saturated rings. The zero-order valence-corrected chi connectivity index (χ0v) is 21.5. The summed E-state index contributed by atoms with van der Waals surface area (Å²) in [4.78, 5) is 20.0. The number of hydrogen-bond acceptors (Lipinski definition) is 7. The molecular weight excluding hydrogens is 472 g/mol. The van der Waals surface area contributed by atoms with Gasteiger partial charge >= 0.3 is 5.97 Å². The van der Waals surface area contributed by atoms with Gasteiger partial charge in [0, 0.05) is 11.1 Å². The number of ether oxygens (including phenoxy) is 2. The monoisotopic (exact) mass is 504 g/mol. The van der Waals surface area contributed by atoms with Crippen molar-refractivity contribution in [2.45, 2.75) is 39.0 Å². The molecule has 188 valence electrons. The van der Waals surface area contributed by atoms with Gasteiger partial charge in [-0.2, -0.15) is 5.10 Å². The van der Waals surface area contributed by atoms with Gasteiger partial charge in [0.2, 0.25) is 4.96 Å². The summed E-state index contributed by atoms with van der Waals surface area (Å²) in [7, 11) is 0. The SMILES string of the molecule is CCOC(=O)c1ccc(-c2cn3nc(-c4ccc(OCCCCN5CCCCC5)cc4)sc3n2)cc1. The minimum Gasteiger partial charge on any atom is -0.494 e. The number of rotatable bonds is 10. The lowest BCUT2D eigenvalue weighted by atomic mass is 10.1. The summed E-state index contributed by atoms with van der Waals surface area (Å²) in [5.41, 5.74) is 3.33. The topological polar surface area (TPSA) is 69.0 Å². The number of carbonyl (C=O) groups excluding carboxylic acids is 1. The predicted octanol–water partition coefficient (Wildman–Crippen LogP) is 5.95. The molecule has 0 atom stereocenters. The van der Waals surface area contributed by atoms with Gasteiger partial charge in [0.1, 0.15) is 10.8 Å². The fourth-order valence-corrected chi connectivity index (χ4v) is 5.34. The van der Waals surface area contributed by atoms with Gasteiger partial charge in [-0.3, -0.25) is 0 Å². The van der Waals surface area contributed by atoms with Gasteiger partial charge < -0.3 is 14.4 Å². The molecule has 1 aliphatic rings. The van der Waals surface area contributed by atoms with Crippen LogP contribution in [0.4, 0.5) is 0 Å². The Morgan fingerprint density at radius 3 is 2.44 bits per heavy atom. The summed E-state index contributed by atoms with van der Waals surface area (Å²) in [5.74, 6) is 0.581. The summed E-state index contributed by atoms with van der Waals surface area (Å²) < 4.78 is 12.8. The molecule has 8 heteroatoms. The van der Waals surface area contributed by atoms with E-state index < -0.39 is 0 Å². The van der Waals surface area contributed by atoms with Crippen molar-refractivity contribution in [1.29, 1.82) is 0 Å². The number of imidazole rings is 1. The highest BCUT2D eigenvalue weighted by molar-refractivity contribution is 7.19. The van der Waals surface area contributed by atoms with Crippen molar-refractivity contribution in [1.82, 2.24) is 19.5 Å². The van der Waals surface area contributed by atoms with Crippen molar-refractivity contribution in [3.05, 3.63) is 60.3 Å². The number of carbonyl (C=O) groups is 1. The first kappa shape index (κ1) is 24.5. The largest absolute Gasteiger partial charge is 0.494 e. The van der Waals surface area contributed by atoms with Crippen molar-refractivity contribution < 1.29 is 14.3 Å². The van der Waals surface area contributed by atoms with Crippen molar-refractivity contribution >= 4 is 22.3 Å². The Labute approximate surface area is 215 Å². The van der Waals surface area contributed by atoms with E-state index in [4.69, 9.17) is 19.6 Å². The van der Waals surface area contributed by atoms with Crippen molar-refractivity contribution in [2.75, 3.05) is 32.8 Å². The number of unbranched alkanes of at least 4 members (excludes halogenated alkanes) is 1. The van der Waals surface area contributed by atoms with Gasteiger partial charge in [-0.1, -0.05) is 29.9 Å².